The molecule has 1 unspecified atom stereocenters. The Hall–Kier alpha value is -4.19. The van der Waals surface area contributed by atoms with Gasteiger partial charge in [0, 0.05) is 19.3 Å². The average molecular weight is 998 g/mol. The van der Waals surface area contributed by atoms with Gasteiger partial charge in [-0.2, -0.15) is 0 Å². The first-order valence-electron chi connectivity index (χ1n) is 29.5. The maximum absolute atomic E-state index is 12.8. The molecule has 0 aromatic rings. The minimum absolute atomic E-state index is 0.0925. The normalized spacial score (nSPS) is 13.0. The number of hydrogen-bond donors (Lipinski definition) is 0. The van der Waals surface area contributed by atoms with Crippen LogP contribution in [0.4, 0.5) is 0 Å². The van der Waals surface area contributed by atoms with E-state index in [9.17, 15) is 14.4 Å². The van der Waals surface area contributed by atoms with Crippen molar-refractivity contribution in [2.45, 2.75) is 264 Å². The number of allylic oxidation sites excluding steroid dienone is 20. The standard InChI is InChI=1S/C66H108O6/c1-4-7-10-13-16-19-22-24-26-27-28-29-30-31-32-33-34-35-36-37-38-39-40-42-44-47-50-53-56-59-65(68)71-62-63(61-70-64(67)58-55-52-49-46-43-21-18-15-12-9-6-3)72-66(69)60-57-54-51-48-45-41-25-23-20-17-14-11-8-5-2/h7,10,14,16-17,19,23-26,28-29,31-32,34-35,37-38,40,42,63H,4-6,8-9,11-13,15,18,20-22,27,30,33,36,39,41,43-62H2,1-3H3/b10-7-,17-14-,19-16-,25-23-,26-24-,29-28-,32-31-,35-34-,38-37-,42-40-. The highest BCUT2D eigenvalue weighted by molar-refractivity contribution is 5.71. The second kappa shape index (κ2) is 59.4. The molecule has 0 amide bonds. The van der Waals surface area contributed by atoms with E-state index in [-0.39, 0.29) is 31.1 Å². The fourth-order valence-corrected chi connectivity index (χ4v) is 7.77. The predicted molar refractivity (Wildman–Crippen MR) is 311 cm³/mol. The Kier molecular flexibility index (Phi) is 55.9. The van der Waals surface area contributed by atoms with E-state index in [1.165, 1.54) is 70.6 Å². The summed E-state index contributed by atoms with van der Waals surface area (Å²) < 4.78 is 16.8. The number of rotatable bonds is 52. The Balaban J connectivity index is 4.34. The lowest BCUT2D eigenvalue weighted by Crippen LogP contribution is -2.30. The molecule has 0 rings (SSSR count). The Morgan fingerprint density at radius 1 is 0.292 bits per heavy atom. The molecule has 0 aliphatic heterocycles. The zero-order valence-electron chi connectivity index (χ0n) is 46.7. The van der Waals surface area contributed by atoms with E-state index in [1.54, 1.807) is 0 Å². The lowest BCUT2D eigenvalue weighted by Gasteiger charge is -2.18. The van der Waals surface area contributed by atoms with E-state index in [0.29, 0.717) is 19.3 Å². The van der Waals surface area contributed by atoms with Crippen LogP contribution in [0.25, 0.3) is 0 Å². The molecule has 1 atom stereocenters. The highest BCUT2D eigenvalue weighted by Gasteiger charge is 2.19. The summed E-state index contributed by atoms with van der Waals surface area (Å²) in [6.07, 6.45) is 81.9. The van der Waals surface area contributed by atoms with Crippen LogP contribution in [0, 0.1) is 0 Å². The van der Waals surface area contributed by atoms with Crippen LogP contribution in [-0.2, 0) is 28.6 Å². The van der Waals surface area contributed by atoms with Crippen LogP contribution in [0.15, 0.2) is 122 Å². The van der Waals surface area contributed by atoms with Gasteiger partial charge in [0.2, 0.25) is 0 Å². The molecule has 0 aliphatic rings. The lowest BCUT2D eigenvalue weighted by atomic mass is 10.1. The third-order valence-corrected chi connectivity index (χ3v) is 12.2. The summed E-state index contributed by atoms with van der Waals surface area (Å²) in [6.45, 7) is 6.44. The van der Waals surface area contributed by atoms with Crippen molar-refractivity contribution in [3.05, 3.63) is 122 Å². The van der Waals surface area contributed by atoms with E-state index in [1.807, 2.05) is 0 Å². The highest BCUT2D eigenvalue weighted by Crippen LogP contribution is 2.14. The van der Waals surface area contributed by atoms with E-state index >= 15 is 0 Å². The second-order valence-electron chi connectivity index (χ2n) is 19.2. The molecule has 0 saturated heterocycles. The van der Waals surface area contributed by atoms with Crippen molar-refractivity contribution in [3.63, 3.8) is 0 Å². The zero-order valence-corrected chi connectivity index (χ0v) is 46.7. The van der Waals surface area contributed by atoms with Crippen molar-refractivity contribution in [1.82, 2.24) is 0 Å². The van der Waals surface area contributed by atoms with Crippen LogP contribution in [0.5, 0.6) is 0 Å². The number of unbranched alkanes of at least 4 members (excludes halogenated alkanes) is 21. The van der Waals surface area contributed by atoms with Crippen LogP contribution in [0.1, 0.15) is 258 Å². The Morgan fingerprint density at radius 2 is 0.556 bits per heavy atom. The molecule has 6 nitrogen and oxygen atoms in total. The number of hydrogen-bond acceptors (Lipinski definition) is 6. The van der Waals surface area contributed by atoms with Gasteiger partial charge in [0.05, 0.1) is 0 Å². The molecule has 0 aromatic carbocycles. The predicted octanol–water partition coefficient (Wildman–Crippen LogP) is 20.0. The maximum Gasteiger partial charge on any atom is 0.306 e. The van der Waals surface area contributed by atoms with Crippen molar-refractivity contribution in [2.24, 2.45) is 0 Å². The first kappa shape index (κ1) is 67.8. The summed E-state index contributed by atoms with van der Waals surface area (Å²) in [6, 6.07) is 0. The number of carbonyl (C=O) groups is 3. The number of ether oxygens (including phenoxy) is 3. The Morgan fingerprint density at radius 3 is 0.889 bits per heavy atom. The molecule has 0 radical (unpaired) electrons. The van der Waals surface area contributed by atoms with Crippen LogP contribution < -0.4 is 0 Å². The molecular formula is C66H108O6. The zero-order chi connectivity index (χ0) is 52.2. The fourth-order valence-electron chi connectivity index (χ4n) is 7.77. The van der Waals surface area contributed by atoms with Gasteiger partial charge >= 0.3 is 17.9 Å². The van der Waals surface area contributed by atoms with Gasteiger partial charge < -0.3 is 14.2 Å². The molecule has 0 fully saturated rings. The molecule has 408 valence electrons. The first-order valence-corrected chi connectivity index (χ1v) is 29.5. The summed E-state index contributed by atoms with van der Waals surface area (Å²) in [5.74, 6) is -0.935. The summed E-state index contributed by atoms with van der Waals surface area (Å²) in [5, 5.41) is 0. The minimum atomic E-state index is -0.797. The van der Waals surface area contributed by atoms with Gasteiger partial charge in [-0.05, 0) is 109 Å². The van der Waals surface area contributed by atoms with Crippen LogP contribution in [0.2, 0.25) is 0 Å². The minimum Gasteiger partial charge on any atom is -0.462 e. The van der Waals surface area contributed by atoms with Crippen molar-refractivity contribution >= 4 is 17.9 Å². The van der Waals surface area contributed by atoms with Gasteiger partial charge in [-0.15, -0.1) is 0 Å². The second-order valence-corrected chi connectivity index (χ2v) is 19.2. The van der Waals surface area contributed by atoms with Crippen LogP contribution >= 0.6 is 0 Å². The van der Waals surface area contributed by atoms with E-state index < -0.39 is 6.10 Å². The molecule has 0 aliphatic carbocycles. The average Bonchev–Trinajstić information content (AvgIpc) is 3.38. The SMILES string of the molecule is CC/C=C\C/C=C\C/C=C\C/C=C\C/C=C\C/C=C\C/C=C\C/C=C\CCCCCCC(=O)OCC(COC(=O)CCCCCCCCCCCCC)OC(=O)CCCCCCC/C=C\C/C=C\CCCC. The Bertz CT molecular complexity index is 1520. The van der Waals surface area contributed by atoms with Gasteiger partial charge in [0.1, 0.15) is 13.2 Å². The molecular weight excluding hydrogens is 889 g/mol. The van der Waals surface area contributed by atoms with Crippen LogP contribution in [-0.4, -0.2) is 37.2 Å². The quantitative estimate of drug-likeness (QED) is 0.0261. The van der Waals surface area contributed by atoms with Crippen molar-refractivity contribution < 1.29 is 28.6 Å². The smallest absolute Gasteiger partial charge is 0.306 e. The summed E-state index contributed by atoms with van der Waals surface area (Å²) in [7, 11) is 0. The summed E-state index contributed by atoms with van der Waals surface area (Å²) >= 11 is 0. The lowest BCUT2D eigenvalue weighted by molar-refractivity contribution is -0.167. The molecule has 72 heavy (non-hydrogen) atoms. The van der Waals surface area contributed by atoms with Gasteiger partial charge in [0.25, 0.3) is 0 Å². The molecule has 0 heterocycles. The summed E-state index contributed by atoms with van der Waals surface area (Å²) in [4.78, 5) is 38.1. The van der Waals surface area contributed by atoms with Gasteiger partial charge in [-0.25, -0.2) is 0 Å². The largest absolute Gasteiger partial charge is 0.462 e. The van der Waals surface area contributed by atoms with Gasteiger partial charge in [-0.1, -0.05) is 251 Å². The molecule has 0 aromatic heterocycles. The van der Waals surface area contributed by atoms with E-state index in [2.05, 4.69) is 142 Å². The first-order chi connectivity index (χ1) is 35.5. The van der Waals surface area contributed by atoms with Crippen LogP contribution in [0.3, 0.4) is 0 Å². The molecule has 0 saturated carbocycles. The van der Waals surface area contributed by atoms with E-state index in [0.717, 1.165) is 148 Å². The summed E-state index contributed by atoms with van der Waals surface area (Å²) in [5.41, 5.74) is 0. The maximum atomic E-state index is 12.8. The molecule has 0 spiro atoms. The van der Waals surface area contributed by atoms with E-state index in [4.69, 9.17) is 14.2 Å². The topological polar surface area (TPSA) is 78.9 Å². The van der Waals surface area contributed by atoms with Crippen molar-refractivity contribution in [2.75, 3.05) is 13.2 Å². The van der Waals surface area contributed by atoms with Crippen molar-refractivity contribution in [1.29, 1.82) is 0 Å². The highest BCUT2D eigenvalue weighted by atomic mass is 16.6. The molecule has 6 heteroatoms. The monoisotopic (exact) mass is 997 g/mol. The number of esters is 3. The van der Waals surface area contributed by atoms with Gasteiger partial charge in [-0.3, -0.25) is 14.4 Å². The molecule has 0 bridgehead atoms. The Labute approximate surface area is 443 Å². The van der Waals surface area contributed by atoms with Crippen molar-refractivity contribution in [3.8, 4) is 0 Å². The third-order valence-electron chi connectivity index (χ3n) is 12.2. The number of carbonyl (C=O) groups excluding carboxylic acids is 3. The third kappa shape index (κ3) is 56.7. The molecule has 0 N–H and O–H groups in total. The fraction of sp³-hybridized carbons (Fsp3) is 0.652. The van der Waals surface area contributed by atoms with Gasteiger partial charge in [0.15, 0.2) is 6.10 Å².